The predicted molar refractivity (Wildman–Crippen MR) is 112 cm³/mol. The Morgan fingerprint density at radius 2 is 2.12 bits per heavy atom. The maximum absolute atomic E-state index is 5.52. The minimum absolute atomic E-state index is 0. The molecule has 0 aliphatic heterocycles. The van der Waals surface area contributed by atoms with Crippen LogP contribution < -0.4 is 20.1 Å². The Morgan fingerprint density at radius 1 is 1.31 bits per heavy atom. The summed E-state index contributed by atoms with van der Waals surface area (Å²) in [7, 11) is 3.34. The summed E-state index contributed by atoms with van der Waals surface area (Å²) in [6.07, 6.45) is 1.58. The topological polar surface area (TPSA) is 93.8 Å². The SMILES string of the molecule is CCOc1ccc(NC(=NC)NCCCc2nc(C)no2)cc1OC.I. The summed E-state index contributed by atoms with van der Waals surface area (Å²) >= 11 is 0. The maximum atomic E-state index is 5.52. The van der Waals surface area contributed by atoms with Crippen LogP contribution in [0.1, 0.15) is 25.1 Å². The summed E-state index contributed by atoms with van der Waals surface area (Å²) in [5.41, 5.74) is 0.862. The van der Waals surface area contributed by atoms with E-state index < -0.39 is 0 Å². The third kappa shape index (κ3) is 6.70. The number of benzene rings is 1. The molecule has 1 aromatic carbocycles. The van der Waals surface area contributed by atoms with Crippen molar-refractivity contribution in [3.63, 3.8) is 0 Å². The quantitative estimate of drug-likeness (QED) is 0.262. The Labute approximate surface area is 170 Å². The standard InChI is InChI=1S/C17H25N5O3.HI/c1-5-24-14-9-8-13(11-15(14)23-4)21-17(18-3)19-10-6-7-16-20-12(2)22-25-16;/h8-9,11H,5-7,10H2,1-4H3,(H2,18,19,21);1H. The van der Waals surface area contributed by atoms with E-state index in [2.05, 4.69) is 25.8 Å². The van der Waals surface area contributed by atoms with E-state index in [1.165, 1.54) is 0 Å². The number of ether oxygens (including phenoxy) is 2. The van der Waals surface area contributed by atoms with Gasteiger partial charge in [0.25, 0.3) is 0 Å². The molecule has 26 heavy (non-hydrogen) atoms. The van der Waals surface area contributed by atoms with Crippen LogP contribution in [0.5, 0.6) is 11.5 Å². The molecule has 2 N–H and O–H groups in total. The highest BCUT2D eigenvalue weighted by Gasteiger charge is 2.07. The van der Waals surface area contributed by atoms with Crippen molar-refractivity contribution in [3.05, 3.63) is 29.9 Å². The lowest BCUT2D eigenvalue weighted by atomic mass is 10.2. The van der Waals surface area contributed by atoms with Crippen LogP contribution in [0.4, 0.5) is 5.69 Å². The Balaban J connectivity index is 0.00000338. The van der Waals surface area contributed by atoms with Crippen molar-refractivity contribution in [1.29, 1.82) is 0 Å². The Bertz CT molecular complexity index is 705. The minimum atomic E-state index is 0. The van der Waals surface area contributed by atoms with E-state index in [9.17, 15) is 0 Å². The molecule has 144 valence electrons. The molecule has 0 unspecified atom stereocenters. The number of nitrogens with zero attached hydrogens (tertiary/aromatic N) is 3. The van der Waals surface area contributed by atoms with Crippen LogP contribution in [-0.4, -0.2) is 43.4 Å². The van der Waals surface area contributed by atoms with Gasteiger partial charge in [-0.05, 0) is 32.4 Å². The van der Waals surface area contributed by atoms with E-state index in [0.29, 0.717) is 35.8 Å². The molecule has 8 nitrogen and oxygen atoms in total. The molecule has 9 heteroatoms. The Morgan fingerprint density at radius 3 is 2.73 bits per heavy atom. The number of methoxy groups -OCH3 is 1. The molecule has 0 fully saturated rings. The van der Waals surface area contributed by atoms with Gasteiger partial charge in [0, 0.05) is 31.8 Å². The van der Waals surface area contributed by atoms with Gasteiger partial charge >= 0.3 is 0 Å². The van der Waals surface area contributed by atoms with E-state index >= 15 is 0 Å². The fraction of sp³-hybridized carbons (Fsp3) is 0.471. The van der Waals surface area contributed by atoms with Crippen molar-refractivity contribution in [2.45, 2.75) is 26.7 Å². The molecule has 0 amide bonds. The minimum Gasteiger partial charge on any atom is -0.493 e. The van der Waals surface area contributed by atoms with E-state index in [1.54, 1.807) is 14.2 Å². The number of guanidine groups is 1. The molecule has 0 radical (unpaired) electrons. The van der Waals surface area contributed by atoms with Gasteiger partial charge in [0.05, 0.1) is 13.7 Å². The van der Waals surface area contributed by atoms with Gasteiger partial charge in [0.2, 0.25) is 5.89 Å². The molecule has 0 bridgehead atoms. The predicted octanol–water partition coefficient (Wildman–Crippen LogP) is 3.02. The second-order valence-corrected chi connectivity index (χ2v) is 5.26. The van der Waals surface area contributed by atoms with Crippen molar-refractivity contribution < 1.29 is 14.0 Å². The number of hydrogen-bond donors (Lipinski definition) is 2. The average molecular weight is 475 g/mol. The molecule has 0 spiro atoms. The lowest BCUT2D eigenvalue weighted by Gasteiger charge is -2.14. The van der Waals surface area contributed by atoms with Gasteiger partial charge < -0.3 is 24.6 Å². The van der Waals surface area contributed by atoms with Gasteiger partial charge in [0.15, 0.2) is 23.3 Å². The van der Waals surface area contributed by atoms with Crippen LogP contribution >= 0.6 is 24.0 Å². The summed E-state index contributed by atoms with van der Waals surface area (Å²) in [5, 5.41) is 10.3. The Kier molecular flexibility index (Phi) is 9.78. The highest BCUT2D eigenvalue weighted by Crippen LogP contribution is 2.30. The largest absolute Gasteiger partial charge is 0.493 e. The van der Waals surface area contributed by atoms with E-state index in [-0.39, 0.29) is 24.0 Å². The van der Waals surface area contributed by atoms with Crippen molar-refractivity contribution in [2.75, 3.05) is 32.6 Å². The smallest absolute Gasteiger partial charge is 0.226 e. The lowest BCUT2D eigenvalue weighted by Crippen LogP contribution is -2.31. The molecule has 0 aliphatic rings. The zero-order chi connectivity index (χ0) is 18.1. The van der Waals surface area contributed by atoms with Crippen molar-refractivity contribution in [2.24, 2.45) is 4.99 Å². The average Bonchev–Trinajstić information content (AvgIpc) is 3.04. The van der Waals surface area contributed by atoms with Crippen LogP contribution in [-0.2, 0) is 6.42 Å². The molecule has 0 saturated heterocycles. The number of aryl methyl sites for hydroxylation is 2. The Hall–Kier alpha value is -2.04. The van der Waals surface area contributed by atoms with Crippen LogP contribution in [0.2, 0.25) is 0 Å². The maximum Gasteiger partial charge on any atom is 0.226 e. The lowest BCUT2D eigenvalue weighted by molar-refractivity contribution is 0.311. The number of halogens is 1. The summed E-state index contributed by atoms with van der Waals surface area (Å²) in [4.78, 5) is 8.40. The van der Waals surface area contributed by atoms with E-state index in [4.69, 9.17) is 14.0 Å². The summed E-state index contributed by atoms with van der Waals surface area (Å²) in [5.74, 6) is 3.37. The highest BCUT2D eigenvalue weighted by atomic mass is 127. The van der Waals surface area contributed by atoms with Crippen molar-refractivity contribution in [3.8, 4) is 11.5 Å². The molecule has 1 aromatic heterocycles. The molecule has 0 aliphatic carbocycles. The number of aromatic nitrogens is 2. The molecule has 2 aromatic rings. The molecule has 2 rings (SSSR count). The number of hydrogen-bond acceptors (Lipinski definition) is 6. The molecule has 1 heterocycles. The summed E-state index contributed by atoms with van der Waals surface area (Å²) < 4.78 is 16.0. The first-order valence-corrected chi connectivity index (χ1v) is 8.24. The third-order valence-corrected chi connectivity index (χ3v) is 3.38. The summed E-state index contributed by atoms with van der Waals surface area (Å²) in [6.45, 7) is 5.07. The van der Waals surface area contributed by atoms with Crippen molar-refractivity contribution in [1.82, 2.24) is 15.5 Å². The zero-order valence-electron chi connectivity index (χ0n) is 15.5. The van der Waals surface area contributed by atoms with E-state index in [1.807, 2.05) is 32.0 Å². The van der Waals surface area contributed by atoms with Gasteiger partial charge in [0.1, 0.15) is 0 Å². The van der Waals surface area contributed by atoms with Gasteiger partial charge in [-0.15, -0.1) is 24.0 Å². The first kappa shape index (κ1) is 22.0. The first-order valence-electron chi connectivity index (χ1n) is 8.24. The number of anilines is 1. The van der Waals surface area contributed by atoms with Gasteiger partial charge in [-0.2, -0.15) is 4.98 Å². The zero-order valence-corrected chi connectivity index (χ0v) is 17.9. The van der Waals surface area contributed by atoms with Crippen LogP contribution in [0, 0.1) is 6.92 Å². The number of rotatable bonds is 8. The normalized spacial score (nSPS) is 10.8. The van der Waals surface area contributed by atoms with Gasteiger partial charge in [-0.25, -0.2) is 0 Å². The fourth-order valence-corrected chi connectivity index (χ4v) is 2.22. The van der Waals surface area contributed by atoms with Gasteiger partial charge in [-0.3, -0.25) is 4.99 Å². The van der Waals surface area contributed by atoms with Gasteiger partial charge in [-0.1, -0.05) is 5.16 Å². The third-order valence-electron chi connectivity index (χ3n) is 3.38. The van der Waals surface area contributed by atoms with Crippen molar-refractivity contribution >= 4 is 35.6 Å². The molecule has 0 atom stereocenters. The van der Waals surface area contributed by atoms with Crippen LogP contribution in [0.25, 0.3) is 0 Å². The highest BCUT2D eigenvalue weighted by molar-refractivity contribution is 14.0. The second-order valence-electron chi connectivity index (χ2n) is 5.26. The molecular weight excluding hydrogens is 449 g/mol. The number of aliphatic imine (C=N–C) groups is 1. The van der Waals surface area contributed by atoms with Crippen LogP contribution in [0.3, 0.4) is 0 Å². The first-order chi connectivity index (χ1) is 12.2. The monoisotopic (exact) mass is 475 g/mol. The number of nitrogens with one attached hydrogen (secondary N) is 2. The molecular formula is C17H26IN5O3. The van der Waals surface area contributed by atoms with Crippen LogP contribution in [0.15, 0.2) is 27.7 Å². The molecule has 0 saturated carbocycles. The summed E-state index contributed by atoms with van der Waals surface area (Å²) in [6, 6.07) is 5.66. The fourth-order valence-electron chi connectivity index (χ4n) is 2.22. The second kappa shape index (κ2) is 11.6. The van der Waals surface area contributed by atoms with E-state index in [0.717, 1.165) is 25.1 Å².